The average Bonchev–Trinajstić information content (AvgIpc) is 2.31. The maximum absolute atomic E-state index is 5.12. The monoisotopic (exact) mass is 242 g/mol. The van der Waals surface area contributed by atoms with Crippen molar-refractivity contribution in [1.29, 1.82) is 0 Å². The lowest BCUT2D eigenvalue weighted by atomic mass is 10.0. The van der Waals surface area contributed by atoms with E-state index in [0.29, 0.717) is 5.92 Å². The van der Waals surface area contributed by atoms with Gasteiger partial charge in [-0.25, -0.2) is 0 Å². The molecule has 0 spiro atoms. The van der Waals surface area contributed by atoms with Gasteiger partial charge in [-0.15, -0.1) is 0 Å². The number of hydrogen-bond acceptors (Lipinski definition) is 3. The van der Waals surface area contributed by atoms with Crippen LogP contribution in [0.2, 0.25) is 0 Å². The molecule has 0 aliphatic carbocycles. The summed E-state index contributed by atoms with van der Waals surface area (Å²) in [7, 11) is 1.77. The zero-order valence-electron chi connectivity index (χ0n) is 11.9. The fourth-order valence-corrected chi connectivity index (χ4v) is 2.59. The summed E-state index contributed by atoms with van der Waals surface area (Å²) in [5, 5.41) is 3.52. The van der Waals surface area contributed by atoms with Crippen LogP contribution in [0.4, 0.5) is 0 Å². The molecule has 2 atom stereocenters. The SMILES string of the molecule is COCC(C)CNCCCN1CCCCC1C. The molecule has 1 fully saturated rings. The number of hydrogen-bond donors (Lipinski definition) is 1. The van der Waals surface area contributed by atoms with Crippen LogP contribution in [0.3, 0.4) is 0 Å². The molecule has 1 heterocycles. The molecule has 0 aromatic rings. The van der Waals surface area contributed by atoms with Gasteiger partial charge in [0.2, 0.25) is 0 Å². The Morgan fingerprint density at radius 1 is 1.41 bits per heavy atom. The Hall–Kier alpha value is -0.120. The van der Waals surface area contributed by atoms with Gasteiger partial charge in [-0.3, -0.25) is 0 Å². The van der Waals surface area contributed by atoms with Crippen molar-refractivity contribution in [3.63, 3.8) is 0 Å². The van der Waals surface area contributed by atoms with E-state index in [1.54, 1.807) is 7.11 Å². The molecule has 1 saturated heterocycles. The van der Waals surface area contributed by atoms with E-state index in [1.165, 1.54) is 38.8 Å². The highest BCUT2D eigenvalue weighted by Gasteiger charge is 2.16. The molecule has 0 radical (unpaired) electrons. The highest BCUT2D eigenvalue weighted by molar-refractivity contribution is 4.73. The van der Waals surface area contributed by atoms with E-state index in [4.69, 9.17) is 4.74 Å². The molecule has 17 heavy (non-hydrogen) atoms. The van der Waals surface area contributed by atoms with Crippen molar-refractivity contribution in [3.05, 3.63) is 0 Å². The molecule has 0 aromatic carbocycles. The van der Waals surface area contributed by atoms with Crippen LogP contribution in [0.15, 0.2) is 0 Å². The van der Waals surface area contributed by atoms with Crippen LogP contribution in [-0.2, 0) is 4.74 Å². The highest BCUT2D eigenvalue weighted by Crippen LogP contribution is 2.15. The molecule has 0 saturated carbocycles. The van der Waals surface area contributed by atoms with Gasteiger partial charge in [-0.2, -0.15) is 0 Å². The number of nitrogens with zero attached hydrogens (tertiary/aromatic N) is 1. The fourth-order valence-electron chi connectivity index (χ4n) is 2.59. The van der Waals surface area contributed by atoms with Gasteiger partial charge >= 0.3 is 0 Å². The minimum absolute atomic E-state index is 0.619. The largest absolute Gasteiger partial charge is 0.384 e. The topological polar surface area (TPSA) is 24.5 Å². The van der Waals surface area contributed by atoms with Crippen LogP contribution in [0.1, 0.15) is 39.5 Å². The number of rotatable bonds is 8. The fraction of sp³-hybridized carbons (Fsp3) is 1.00. The first-order valence-electron chi connectivity index (χ1n) is 7.17. The van der Waals surface area contributed by atoms with Crippen LogP contribution in [0.5, 0.6) is 0 Å². The Morgan fingerprint density at radius 3 is 2.94 bits per heavy atom. The highest BCUT2D eigenvalue weighted by atomic mass is 16.5. The van der Waals surface area contributed by atoms with Crippen LogP contribution in [0.25, 0.3) is 0 Å². The van der Waals surface area contributed by atoms with E-state index in [2.05, 4.69) is 24.1 Å². The zero-order chi connectivity index (χ0) is 12.5. The zero-order valence-corrected chi connectivity index (χ0v) is 11.9. The Bertz CT molecular complexity index is 187. The van der Waals surface area contributed by atoms with E-state index in [0.717, 1.165) is 25.7 Å². The Labute approximate surface area is 107 Å². The number of nitrogens with one attached hydrogen (secondary N) is 1. The lowest BCUT2D eigenvalue weighted by Crippen LogP contribution is -2.39. The van der Waals surface area contributed by atoms with Gasteiger partial charge in [0.15, 0.2) is 0 Å². The van der Waals surface area contributed by atoms with Crippen molar-refractivity contribution >= 4 is 0 Å². The molecule has 1 N–H and O–H groups in total. The second-order valence-corrected chi connectivity index (χ2v) is 5.50. The average molecular weight is 242 g/mol. The van der Waals surface area contributed by atoms with E-state index in [-0.39, 0.29) is 0 Å². The van der Waals surface area contributed by atoms with Crippen molar-refractivity contribution in [3.8, 4) is 0 Å². The van der Waals surface area contributed by atoms with E-state index in [1.807, 2.05) is 0 Å². The smallest absolute Gasteiger partial charge is 0.0499 e. The van der Waals surface area contributed by atoms with Gasteiger partial charge in [0.1, 0.15) is 0 Å². The summed E-state index contributed by atoms with van der Waals surface area (Å²) in [4.78, 5) is 2.64. The van der Waals surface area contributed by atoms with Crippen molar-refractivity contribution in [2.45, 2.75) is 45.6 Å². The van der Waals surface area contributed by atoms with Gasteiger partial charge in [0.05, 0.1) is 0 Å². The number of ether oxygens (including phenoxy) is 1. The Balaban J connectivity index is 1.96. The van der Waals surface area contributed by atoms with E-state index >= 15 is 0 Å². The summed E-state index contributed by atoms with van der Waals surface area (Å²) in [6, 6.07) is 0.802. The van der Waals surface area contributed by atoms with Crippen molar-refractivity contribution in [1.82, 2.24) is 10.2 Å². The van der Waals surface area contributed by atoms with Gasteiger partial charge in [-0.05, 0) is 58.3 Å². The molecule has 2 unspecified atom stereocenters. The maximum atomic E-state index is 5.12. The molecule has 0 aromatic heterocycles. The van der Waals surface area contributed by atoms with Gasteiger partial charge in [-0.1, -0.05) is 13.3 Å². The van der Waals surface area contributed by atoms with Crippen molar-refractivity contribution < 1.29 is 4.74 Å². The van der Waals surface area contributed by atoms with E-state index in [9.17, 15) is 0 Å². The Kier molecular flexibility index (Phi) is 7.82. The first-order chi connectivity index (χ1) is 8.24. The molecule has 3 heteroatoms. The number of likely N-dealkylation sites (tertiary alicyclic amines) is 1. The molecule has 1 rings (SSSR count). The number of piperidine rings is 1. The second-order valence-electron chi connectivity index (χ2n) is 5.50. The summed E-state index contributed by atoms with van der Waals surface area (Å²) < 4.78 is 5.12. The van der Waals surface area contributed by atoms with Crippen LogP contribution in [0, 0.1) is 5.92 Å². The lowest BCUT2D eigenvalue weighted by Gasteiger charge is -2.33. The molecular weight excluding hydrogens is 212 g/mol. The van der Waals surface area contributed by atoms with Crippen LogP contribution in [-0.4, -0.2) is 50.8 Å². The molecule has 0 bridgehead atoms. The normalized spacial score (nSPS) is 23.8. The molecule has 1 aliphatic rings. The van der Waals surface area contributed by atoms with Crippen LogP contribution >= 0.6 is 0 Å². The maximum Gasteiger partial charge on any atom is 0.0499 e. The van der Waals surface area contributed by atoms with Gasteiger partial charge in [0.25, 0.3) is 0 Å². The third-order valence-electron chi connectivity index (χ3n) is 3.68. The standard InChI is InChI=1S/C14H30N2O/c1-13(12-17-3)11-15-8-6-10-16-9-5-4-7-14(16)2/h13-15H,4-12H2,1-3H3. The predicted octanol–water partition coefficient (Wildman–Crippen LogP) is 2.12. The predicted molar refractivity (Wildman–Crippen MR) is 73.4 cm³/mol. The van der Waals surface area contributed by atoms with Crippen LogP contribution < -0.4 is 5.32 Å². The first-order valence-corrected chi connectivity index (χ1v) is 7.17. The van der Waals surface area contributed by atoms with Crippen molar-refractivity contribution in [2.75, 3.05) is 39.9 Å². The molecule has 1 aliphatic heterocycles. The summed E-state index contributed by atoms with van der Waals surface area (Å²) in [5.41, 5.74) is 0. The van der Waals surface area contributed by atoms with Crippen molar-refractivity contribution in [2.24, 2.45) is 5.92 Å². The lowest BCUT2D eigenvalue weighted by molar-refractivity contribution is 0.153. The molecule has 102 valence electrons. The van der Waals surface area contributed by atoms with E-state index < -0.39 is 0 Å². The quantitative estimate of drug-likeness (QED) is 0.660. The number of methoxy groups -OCH3 is 1. The third kappa shape index (κ3) is 6.39. The first kappa shape index (κ1) is 14.9. The third-order valence-corrected chi connectivity index (χ3v) is 3.68. The minimum Gasteiger partial charge on any atom is -0.384 e. The second kappa shape index (κ2) is 8.90. The molecule has 3 nitrogen and oxygen atoms in total. The molecule has 0 amide bonds. The van der Waals surface area contributed by atoms with Gasteiger partial charge in [0, 0.05) is 19.8 Å². The minimum atomic E-state index is 0.619. The summed E-state index contributed by atoms with van der Waals surface area (Å²) in [6.45, 7) is 10.2. The summed E-state index contributed by atoms with van der Waals surface area (Å²) in [5.74, 6) is 0.619. The summed E-state index contributed by atoms with van der Waals surface area (Å²) >= 11 is 0. The van der Waals surface area contributed by atoms with Gasteiger partial charge < -0.3 is 15.0 Å². The summed E-state index contributed by atoms with van der Waals surface area (Å²) in [6.07, 6.45) is 5.47. The molecular formula is C14H30N2O. The Morgan fingerprint density at radius 2 is 2.24 bits per heavy atom.